The molecule has 1 N–H and O–H groups in total. The van der Waals surface area contributed by atoms with Crippen LogP contribution in [0, 0.1) is 17.1 Å². The molecule has 3 aromatic rings. The van der Waals surface area contributed by atoms with Crippen molar-refractivity contribution in [1.82, 2.24) is 9.78 Å². The van der Waals surface area contributed by atoms with Crippen LogP contribution in [0.25, 0.3) is 16.9 Å². The van der Waals surface area contributed by atoms with Gasteiger partial charge in [0.2, 0.25) is 0 Å². The second-order valence-electron chi connectivity index (χ2n) is 5.08. The number of nitrogens with zero attached hydrogens (tertiary/aromatic N) is 3. The Morgan fingerprint density at radius 3 is 2.50 bits per heavy atom. The molecule has 3 rings (SSSR count). The predicted molar refractivity (Wildman–Crippen MR) is 89.8 cm³/mol. The number of rotatable bonds is 4. The molecule has 2 aromatic carbocycles. The fraction of sp³-hybridized carbons (Fsp3) is 0.111. The van der Waals surface area contributed by atoms with Crippen LogP contribution in [0.2, 0.25) is 0 Å². The van der Waals surface area contributed by atoms with Crippen LogP contribution >= 0.6 is 0 Å². The van der Waals surface area contributed by atoms with E-state index in [1.54, 1.807) is 24.9 Å². The van der Waals surface area contributed by atoms with Crippen molar-refractivity contribution >= 4 is 5.82 Å². The lowest BCUT2D eigenvalue weighted by Crippen LogP contribution is -2.00. The van der Waals surface area contributed by atoms with Crippen LogP contribution in [-0.4, -0.2) is 23.9 Å². The van der Waals surface area contributed by atoms with Crippen molar-refractivity contribution in [2.24, 2.45) is 0 Å². The molecule has 0 bridgehead atoms. The van der Waals surface area contributed by atoms with Gasteiger partial charge in [0.25, 0.3) is 0 Å². The van der Waals surface area contributed by atoms with Crippen molar-refractivity contribution in [3.05, 3.63) is 59.9 Å². The lowest BCUT2D eigenvalue weighted by atomic mass is 10.1. The Kier molecular flexibility index (Phi) is 4.17. The van der Waals surface area contributed by atoms with Gasteiger partial charge in [-0.3, -0.25) is 0 Å². The van der Waals surface area contributed by atoms with Crippen molar-refractivity contribution in [3.8, 4) is 28.8 Å². The topological polar surface area (TPSA) is 62.9 Å². The molecule has 1 aromatic heterocycles. The van der Waals surface area contributed by atoms with Crippen LogP contribution in [0.5, 0.6) is 5.75 Å². The average molecular weight is 322 g/mol. The lowest BCUT2D eigenvalue weighted by Gasteiger charge is -2.09. The number of nitrogens with one attached hydrogen (secondary N) is 1. The maximum atomic E-state index is 14.0. The highest BCUT2D eigenvalue weighted by Crippen LogP contribution is 2.28. The van der Waals surface area contributed by atoms with Gasteiger partial charge in [-0.15, -0.1) is 5.10 Å². The third-order valence-corrected chi connectivity index (χ3v) is 3.67. The molecule has 6 heteroatoms. The molecular formula is C18H15FN4O. The Morgan fingerprint density at radius 2 is 1.92 bits per heavy atom. The van der Waals surface area contributed by atoms with Gasteiger partial charge >= 0.3 is 0 Å². The molecule has 120 valence electrons. The molecule has 0 saturated heterocycles. The van der Waals surface area contributed by atoms with Gasteiger partial charge in [-0.1, -0.05) is 6.07 Å². The van der Waals surface area contributed by atoms with Gasteiger partial charge in [-0.2, -0.15) is 5.26 Å². The Balaban J connectivity index is 2.12. The quantitative estimate of drug-likeness (QED) is 0.797. The number of nitriles is 1. The summed E-state index contributed by atoms with van der Waals surface area (Å²) in [5.74, 6) is 0.847. The number of ether oxygens (including phenoxy) is 1. The summed E-state index contributed by atoms with van der Waals surface area (Å²) >= 11 is 0. The van der Waals surface area contributed by atoms with Gasteiger partial charge in [0.1, 0.15) is 23.5 Å². The van der Waals surface area contributed by atoms with E-state index in [9.17, 15) is 4.39 Å². The Labute approximate surface area is 138 Å². The zero-order chi connectivity index (χ0) is 17.1. The molecule has 0 aliphatic rings. The first-order valence-electron chi connectivity index (χ1n) is 7.28. The van der Waals surface area contributed by atoms with Crippen molar-refractivity contribution in [1.29, 1.82) is 5.26 Å². The number of anilines is 1. The van der Waals surface area contributed by atoms with E-state index in [1.165, 1.54) is 12.1 Å². The monoisotopic (exact) mass is 322 g/mol. The minimum absolute atomic E-state index is 0.0168. The smallest absolute Gasteiger partial charge is 0.148 e. The standard InChI is InChI=1S/C18H15FN4O/c1-21-18-10-17(12-3-4-13(11-20)16(19)9-12)23(22-18)14-5-7-15(24-2)8-6-14/h3-10H,1-2H3,(H,21,22). The van der Waals surface area contributed by atoms with E-state index in [-0.39, 0.29) is 5.56 Å². The first-order chi connectivity index (χ1) is 11.7. The van der Waals surface area contributed by atoms with E-state index >= 15 is 0 Å². The third kappa shape index (κ3) is 2.79. The average Bonchev–Trinajstić information content (AvgIpc) is 3.06. The largest absolute Gasteiger partial charge is 0.497 e. The molecular weight excluding hydrogens is 307 g/mol. The molecule has 0 fully saturated rings. The molecule has 1 heterocycles. The van der Waals surface area contributed by atoms with Gasteiger partial charge in [0.15, 0.2) is 0 Å². The van der Waals surface area contributed by atoms with Gasteiger partial charge in [-0.25, -0.2) is 9.07 Å². The predicted octanol–water partition coefficient (Wildman–Crippen LogP) is 3.60. The molecule has 0 saturated carbocycles. The normalized spacial score (nSPS) is 10.2. The van der Waals surface area contributed by atoms with E-state index in [0.717, 1.165) is 11.4 Å². The van der Waals surface area contributed by atoms with Crippen molar-refractivity contribution in [3.63, 3.8) is 0 Å². The van der Waals surface area contributed by atoms with Crippen molar-refractivity contribution < 1.29 is 9.13 Å². The molecule has 0 radical (unpaired) electrons. The highest BCUT2D eigenvalue weighted by Gasteiger charge is 2.13. The second kappa shape index (κ2) is 6.42. The third-order valence-electron chi connectivity index (χ3n) is 3.67. The van der Waals surface area contributed by atoms with Crippen LogP contribution in [-0.2, 0) is 0 Å². The van der Waals surface area contributed by atoms with Crippen LogP contribution in [0.3, 0.4) is 0 Å². The molecule has 0 aliphatic carbocycles. The van der Waals surface area contributed by atoms with Crippen molar-refractivity contribution in [2.45, 2.75) is 0 Å². The van der Waals surface area contributed by atoms with E-state index in [4.69, 9.17) is 10.00 Å². The lowest BCUT2D eigenvalue weighted by molar-refractivity contribution is 0.414. The number of hydrogen-bond donors (Lipinski definition) is 1. The summed E-state index contributed by atoms with van der Waals surface area (Å²) in [6, 6.07) is 15.6. The fourth-order valence-corrected chi connectivity index (χ4v) is 2.39. The van der Waals surface area contributed by atoms with E-state index in [2.05, 4.69) is 10.4 Å². The molecule has 0 atom stereocenters. The van der Waals surface area contributed by atoms with E-state index in [1.807, 2.05) is 36.4 Å². The van der Waals surface area contributed by atoms with Crippen LogP contribution in [0.4, 0.5) is 10.2 Å². The summed E-state index contributed by atoms with van der Waals surface area (Å²) in [6.07, 6.45) is 0. The van der Waals surface area contributed by atoms with Crippen LogP contribution in [0.1, 0.15) is 5.56 Å². The van der Waals surface area contributed by atoms with Gasteiger partial charge in [-0.05, 0) is 36.4 Å². The van der Waals surface area contributed by atoms with E-state index < -0.39 is 5.82 Å². The number of hydrogen-bond acceptors (Lipinski definition) is 4. The molecule has 0 amide bonds. The summed E-state index contributed by atoms with van der Waals surface area (Å²) in [5.41, 5.74) is 2.18. The highest BCUT2D eigenvalue weighted by atomic mass is 19.1. The van der Waals surface area contributed by atoms with Crippen LogP contribution in [0.15, 0.2) is 48.5 Å². The zero-order valence-corrected chi connectivity index (χ0v) is 13.2. The second-order valence-corrected chi connectivity index (χ2v) is 5.08. The number of methoxy groups -OCH3 is 1. The Morgan fingerprint density at radius 1 is 1.17 bits per heavy atom. The molecule has 24 heavy (non-hydrogen) atoms. The summed E-state index contributed by atoms with van der Waals surface area (Å²) in [7, 11) is 3.37. The summed E-state index contributed by atoms with van der Waals surface area (Å²) < 4.78 is 20.9. The number of aromatic nitrogens is 2. The first kappa shape index (κ1) is 15.6. The Hall–Kier alpha value is -3.33. The molecule has 0 unspecified atom stereocenters. The summed E-state index contributed by atoms with van der Waals surface area (Å²) in [6.45, 7) is 0. The first-order valence-corrected chi connectivity index (χ1v) is 7.28. The van der Waals surface area contributed by atoms with Gasteiger partial charge in [0.05, 0.1) is 24.1 Å². The maximum Gasteiger partial charge on any atom is 0.148 e. The maximum absolute atomic E-state index is 14.0. The van der Waals surface area contributed by atoms with Gasteiger partial charge < -0.3 is 10.1 Å². The highest BCUT2D eigenvalue weighted by molar-refractivity contribution is 5.67. The van der Waals surface area contributed by atoms with Gasteiger partial charge in [0, 0.05) is 18.7 Å². The van der Waals surface area contributed by atoms with Crippen LogP contribution < -0.4 is 10.1 Å². The fourth-order valence-electron chi connectivity index (χ4n) is 2.39. The molecule has 0 aliphatic heterocycles. The number of halogens is 1. The molecule has 5 nitrogen and oxygen atoms in total. The zero-order valence-electron chi connectivity index (χ0n) is 13.2. The molecule has 0 spiro atoms. The minimum Gasteiger partial charge on any atom is -0.497 e. The number of benzene rings is 2. The Bertz CT molecular complexity index is 910. The summed E-state index contributed by atoms with van der Waals surface area (Å²) in [4.78, 5) is 0. The minimum atomic E-state index is -0.552. The summed E-state index contributed by atoms with van der Waals surface area (Å²) in [5, 5.41) is 16.3. The van der Waals surface area contributed by atoms with E-state index in [0.29, 0.717) is 17.1 Å². The SMILES string of the molecule is CNc1cc(-c2ccc(C#N)c(F)c2)n(-c2ccc(OC)cc2)n1. The van der Waals surface area contributed by atoms with Crippen molar-refractivity contribution in [2.75, 3.05) is 19.5 Å².